The molecule has 0 unspecified atom stereocenters. The number of ether oxygens (including phenoxy) is 4. The Kier molecular flexibility index (Phi) is 17.9. The molecule has 0 heterocycles. The van der Waals surface area contributed by atoms with Gasteiger partial charge in [-0.2, -0.15) is 0 Å². The van der Waals surface area contributed by atoms with Gasteiger partial charge in [0.2, 0.25) is 0 Å². The lowest BCUT2D eigenvalue weighted by Gasteiger charge is -2.06. The van der Waals surface area contributed by atoms with Crippen molar-refractivity contribution in [2.45, 2.75) is 64.2 Å². The summed E-state index contributed by atoms with van der Waals surface area (Å²) in [4.78, 5) is 63.9. The van der Waals surface area contributed by atoms with Crippen molar-refractivity contribution < 1.29 is 67.8 Å². The summed E-state index contributed by atoms with van der Waals surface area (Å²) in [7, 11) is 2.92. The molecule has 0 aliphatic heterocycles. The van der Waals surface area contributed by atoms with Crippen molar-refractivity contribution in [1.29, 1.82) is 0 Å². The third kappa shape index (κ3) is 15.6. The van der Waals surface area contributed by atoms with E-state index in [2.05, 4.69) is 29.6 Å². The van der Waals surface area contributed by atoms with E-state index in [1.807, 2.05) is 0 Å². The minimum Gasteiger partial charge on any atom is -0.497 e. The molecule has 0 radical (unpaired) electrons. The van der Waals surface area contributed by atoms with Crippen LogP contribution in [0.1, 0.15) is 84.9 Å². The predicted octanol–water partition coefficient (Wildman–Crippen LogP) is 6.62. The summed E-state index contributed by atoms with van der Waals surface area (Å²) < 4.78 is 19.7. The highest BCUT2D eigenvalue weighted by Crippen LogP contribution is 2.15. The van der Waals surface area contributed by atoms with Crippen LogP contribution in [0.5, 0.6) is 11.5 Å². The van der Waals surface area contributed by atoms with Gasteiger partial charge in [0, 0.05) is 0 Å². The molecule has 0 spiro atoms. The highest BCUT2D eigenvalue weighted by molar-refractivity contribution is 5.89. The molecule has 2 aromatic rings. The molecule has 242 valence electrons. The molecule has 2 aromatic carbocycles. The topological polar surface area (TPSA) is 161 Å². The number of hydrogen-bond acceptors (Lipinski definition) is 14. The van der Waals surface area contributed by atoms with Crippen molar-refractivity contribution >= 4 is 24.2 Å². The maximum atomic E-state index is 11.8. The van der Waals surface area contributed by atoms with E-state index in [9.17, 15) is 19.2 Å². The average Bonchev–Trinajstić information content (AvgIpc) is 3.04. The normalized spacial score (nSPS) is 10.3. The van der Waals surface area contributed by atoms with Gasteiger partial charge in [-0.1, -0.05) is 63.5 Å². The molecule has 0 aromatic heterocycles. The lowest BCUT2D eigenvalue weighted by Crippen LogP contribution is -2.12. The van der Waals surface area contributed by atoms with Crippen molar-refractivity contribution in [3.8, 4) is 11.5 Å². The molecule has 0 N–H and O–H groups in total. The summed E-state index contributed by atoms with van der Waals surface area (Å²) in [6.07, 6.45) is 7.18. The van der Waals surface area contributed by atoms with Gasteiger partial charge in [0.25, 0.3) is 0 Å². The Labute approximate surface area is 255 Å². The highest BCUT2D eigenvalue weighted by Gasteiger charge is 2.14. The van der Waals surface area contributed by atoms with Crippen LogP contribution in [0.15, 0.2) is 48.5 Å². The van der Waals surface area contributed by atoms with E-state index in [0.717, 1.165) is 51.4 Å². The average molecular weight is 623 g/mol. The first-order chi connectivity index (χ1) is 21.4. The lowest BCUT2D eigenvalue weighted by molar-refractivity contribution is -0.452. The summed E-state index contributed by atoms with van der Waals surface area (Å²) >= 11 is 0. The Bertz CT molecular complexity index is 1060. The van der Waals surface area contributed by atoms with Crippen LogP contribution < -0.4 is 9.47 Å². The molecule has 2 rings (SSSR count). The Morgan fingerprint density at radius 2 is 0.864 bits per heavy atom. The summed E-state index contributed by atoms with van der Waals surface area (Å²) in [6, 6.07) is 12.4. The van der Waals surface area contributed by atoms with Crippen LogP contribution >= 0.6 is 0 Å². The zero-order valence-corrected chi connectivity index (χ0v) is 24.8. The molecule has 0 fully saturated rings. The Balaban J connectivity index is 1.32. The molecule has 0 amide bonds. The number of hydrogen-bond donors (Lipinski definition) is 0. The second kappa shape index (κ2) is 22.0. The van der Waals surface area contributed by atoms with Crippen LogP contribution in [0.4, 0.5) is 9.59 Å². The van der Waals surface area contributed by atoms with E-state index in [0.29, 0.717) is 24.3 Å². The van der Waals surface area contributed by atoms with Crippen molar-refractivity contribution in [2.75, 3.05) is 27.4 Å². The Morgan fingerprint density at radius 3 is 1.23 bits per heavy atom. The first-order valence-corrected chi connectivity index (χ1v) is 14.2. The predicted molar refractivity (Wildman–Crippen MR) is 150 cm³/mol. The summed E-state index contributed by atoms with van der Waals surface area (Å²) in [5, 5.41) is 8.37. The highest BCUT2D eigenvalue weighted by atomic mass is 17.5. The van der Waals surface area contributed by atoms with Gasteiger partial charge in [-0.25, -0.2) is 29.0 Å². The third-order valence-corrected chi connectivity index (χ3v) is 6.01. The van der Waals surface area contributed by atoms with Gasteiger partial charge in [-0.05, 0) is 49.2 Å². The number of methoxy groups -OCH3 is 2. The van der Waals surface area contributed by atoms with E-state index in [4.69, 9.17) is 18.9 Å². The number of unbranched alkanes of at least 4 members (excludes halogenated alkanes) is 9. The standard InChI is InChI=1S/C30H38O14/c1-35-25-17-13-15-23(21-25)27(31)39-43-41-29(33)37-19-11-9-7-5-3-4-6-8-10-12-20-38-30(34)42-44-40-28(32)24-16-14-18-26(22-24)36-2/h13-18,21-22H,3-12,19-20H2,1-2H3. The van der Waals surface area contributed by atoms with E-state index in [-0.39, 0.29) is 24.3 Å². The van der Waals surface area contributed by atoms with Crippen LogP contribution in [0.2, 0.25) is 0 Å². The van der Waals surface area contributed by atoms with Crippen molar-refractivity contribution in [1.82, 2.24) is 0 Å². The SMILES string of the molecule is COc1cccc(C(=O)OOOC(=O)OCCCCCCCCCCCCOC(=O)OOOC(=O)c2cccc(OC)c2)c1. The van der Waals surface area contributed by atoms with Gasteiger partial charge in [0.05, 0.1) is 48.6 Å². The van der Waals surface area contributed by atoms with E-state index < -0.39 is 24.2 Å². The van der Waals surface area contributed by atoms with Gasteiger partial charge in [-0.15, -0.1) is 0 Å². The molecule has 0 saturated carbocycles. The Hall–Kier alpha value is -4.56. The van der Waals surface area contributed by atoms with Gasteiger partial charge in [0.1, 0.15) is 11.5 Å². The largest absolute Gasteiger partial charge is 0.543 e. The molecule has 14 heteroatoms. The second-order valence-electron chi connectivity index (χ2n) is 9.24. The van der Waals surface area contributed by atoms with E-state index >= 15 is 0 Å². The molecule has 0 aliphatic carbocycles. The molecule has 0 atom stereocenters. The van der Waals surface area contributed by atoms with Gasteiger partial charge in [-0.3, -0.25) is 9.78 Å². The third-order valence-electron chi connectivity index (χ3n) is 6.01. The van der Waals surface area contributed by atoms with Crippen molar-refractivity contribution in [3.05, 3.63) is 59.7 Å². The van der Waals surface area contributed by atoms with Crippen LogP contribution in [0, 0.1) is 0 Å². The van der Waals surface area contributed by atoms with Crippen molar-refractivity contribution in [2.24, 2.45) is 0 Å². The molecule has 44 heavy (non-hydrogen) atoms. The maximum Gasteiger partial charge on any atom is 0.543 e. The van der Waals surface area contributed by atoms with Crippen LogP contribution in [-0.2, 0) is 39.1 Å². The fourth-order valence-electron chi connectivity index (χ4n) is 3.73. The maximum absolute atomic E-state index is 11.8. The molecule has 0 aliphatic rings. The van der Waals surface area contributed by atoms with Gasteiger partial charge < -0.3 is 18.9 Å². The van der Waals surface area contributed by atoms with Crippen LogP contribution in [0.25, 0.3) is 0 Å². The second-order valence-corrected chi connectivity index (χ2v) is 9.24. The Morgan fingerprint density at radius 1 is 0.500 bits per heavy atom. The lowest BCUT2D eigenvalue weighted by atomic mass is 10.1. The summed E-state index contributed by atoms with van der Waals surface area (Å²) in [6.45, 7) is 0.310. The summed E-state index contributed by atoms with van der Waals surface area (Å²) in [5.74, 6) is -0.795. The molecular formula is C30H38O14. The molecular weight excluding hydrogens is 584 g/mol. The zero-order valence-electron chi connectivity index (χ0n) is 24.8. The number of carbonyl (C=O) groups excluding carboxylic acids is 4. The van der Waals surface area contributed by atoms with E-state index in [1.54, 1.807) is 24.3 Å². The van der Waals surface area contributed by atoms with Gasteiger partial charge >= 0.3 is 24.2 Å². The quantitative estimate of drug-likeness (QED) is 0.0632. The smallest absolute Gasteiger partial charge is 0.497 e. The van der Waals surface area contributed by atoms with E-state index in [1.165, 1.54) is 38.5 Å². The first kappa shape index (κ1) is 35.6. The number of carbonyl (C=O) groups is 4. The minimum absolute atomic E-state index is 0.155. The summed E-state index contributed by atoms with van der Waals surface area (Å²) in [5.41, 5.74) is 0.318. The molecule has 0 bridgehead atoms. The van der Waals surface area contributed by atoms with Crippen LogP contribution in [-0.4, -0.2) is 51.7 Å². The first-order valence-electron chi connectivity index (χ1n) is 14.2. The fraction of sp³-hybridized carbons (Fsp3) is 0.467. The van der Waals surface area contributed by atoms with Gasteiger partial charge in [0.15, 0.2) is 0 Å². The fourth-order valence-corrected chi connectivity index (χ4v) is 3.73. The minimum atomic E-state index is -1.11. The monoisotopic (exact) mass is 622 g/mol. The number of rotatable bonds is 21. The van der Waals surface area contributed by atoms with Crippen LogP contribution in [0.3, 0.4) is 0 Å². The number of benzene rings is 2. The van der Waals surface area contributed by atoms with Crippen molar-refractivity contribution in [3.63, 3.8) is 0 Å². The molecule has 0 saturated heterocycles. The molecule has 14 nitrogen and oxygen atoms in total. The zero-order chi connectivity index (χ0) is 31.8.